The summed E-state index contributed by atoms with van der Waals surface area (Å²) in [6, 6.07) is 17.4. The summed E-state index contributed by atoms with van der Waals surface area (Å²) in [5.74, 6) is -4.30. The fourth-order valence-electron chi connectivity index (χ4n) is 2.41. The Balaban J connectivity index is 1.93. The van der Waals surface area contributed by atoms with Crippen LogP contribution in [-0.2, 0) is 36.5 Å². The molecule has 0 spiro atoms. The fourth-order valence-corrected chi connectivity index (χ4v) is 4.10. The fraction of sp³-hybridized carbons (Fsp3) is 0.263. The van der Waals surface area contributed by atoms with Crippen molar-refractivity contribution in [3.8, 4) is 0 Å². The molecule has 1 N–H and O–H groups in total. The third-order valence-corrected chi connectivity index (χ3v) is 5.37. The summed E-state index contributed by atoms with van der Waals surface area (Å²) in [6.45, 7) is 0.0166. The van der Waals surface area contributed by atoms with Crippen LogP contribution in [0.25, 0.3) is 0 Å². The van der Waals surface area contributed by atoms with Crippen molar-refractivity contribution in [1.29, 1.82) is 0 Å². The molecule has 6 nitrogen and oxygen atoms in total. The van der Waals surface area contributed by atoms with E-state index in [2.05, 4.69) is 0 Å². The van der Waals surface area contributed by atoms with Crippen molar-refractivity contribution in [3.05, 3.63) is 71.8 Å². The van der Waals surface area contributed by atoms with Gasteiger partial charge in [0.05, 0.1) is 23.8 Å². The summed E-state index contributed by atoms with van der Waals surface area (Å²) in [7, 11) is -3.68. The summed E-state index contributed by atoms with van der Waals surface area (Å²) in [4.78, 5) is 23.3. The van der Waals surface area contributed by atoms with Crippen LogP contribution < -0.4 is 0 Å². The molecule has 0 unspecified atom stereocenters. The van der Waals surface area contributed by atoms with Crippen molar-refractivity contribution in [2.24, 2.45) is 5.92 Å². The average Bonchev–Trinajstić information content (AvgIpc) is 2.60. The first-order valence-corrected chi connectivity index (χ1v) is 9.84. The minimum absolute atomic E-state index is 0.0166. The quantitative estimate of drug-likeness (QED) is 0.675. The number of carbonyl (C=O) groups is 2. The Bertz CT molecular complexity index is 831. The van der Waals surface area contributed by atoms with Crippen molar-refractivity contribution >= 4 is 21.8 Å². The summed E-state index contributed by atoms with van der Waals surface area (Å²) in [6.07, 6.45) is -0.490. The van der Waals surface area contributed by atoms with E-state index in [0.29, 0.717) is 5.56 Å². The molecule has 2 aromatic carbocycles. The molecule has 26 heavy (non-hydrogen) atoms. The number of carboxylic acid groups (broad SMARTS) is 1. The van der Waals surface area contributed by atoms with Crippen LogP contribution in [0.2, 0.25) is 0 Å². The SMILES string of the molecule is O=C(C[C@@H](CS(=O)(=O)Cc1ccccc1)C(=O)O)OCc1ccccc1. The molecule has 0 heterocycles. The number of carbonyl (C=O) groups excluding carboxylic acids is 1. The van der Waals surface area contributed by atoms with E-state index in [0.717, 1.165) is 5.56 Å². The van der Waals surface area contributed by atoms with E-state index in [-0.39, 0.29) is 12.4 Å². The Kier molecular flexibility index (Phi) is 6.91. The van der Waals surface area contributed by atoms with E-state index in [1.54, 1.807) is 54.6 Å². The molecule has 0 amide bonds. The number of hydrogen-bond donors (Lipinski definition) is 1. The zero-order valence-corrected chi connectivity index (χ0v) is 14.9. The van der Waals surface area contributed by atoms with Gasteiger partial charge in [0, 0.05) is 0 Å². The van der Waals surface area contributed by atoms with Crippen molar-refractivity contribution < 1.29 is 27.9 Å². The van der Waals surface area contributed by atoms with Gasteiger partial charge in [-0.3, -0.25) is 9.59 Å². The third-order valence-electron chi connectivity index (χ3n) is 3.69. The molecule has 0 saturated heterocycles. The topological polar surface area (TPSA) is 97.7 Å². The number of ether oxygens (including phenoxy) is 1. The summed E-state index contributed by atoms with van der Waals surface area (Å²) in [5.41, 5.74) is 1.34. The molecule has 0 bridgehead atoms. The Morgan fingerprint density at radius 1 is 0.923 bits per heavy atom. The van der Waals surface area contributed by atoms with Crippen LogP contribution in [-0.4, -0.2) is 31.2 Å². The minimum atomic E-state index is -3.68. The molecule has 138 valence electrons. The van der Waals surface area contributed by atoms with E-state index in [9.17, 15) is 23.1 Å². The summed E-state index contributed by atoms with van der Waals surface area (Å²) in [5, 5.41) is 9.26. The van der Waals surface area contributed by atoms with Crippen LogP contribution >= 0.6 is 0 Å². The first-order chi connectivity index (χ1) is 12.4. The highest BCUT2D eigenvalue weighted by molar-refractivity contribution is 7.90. The Morgan fingerprint density at radius 2 is 1.46 bits per heavy atom. The highest BCUT2D eigenvalue weighted by Crippen LogP contribution is 2.14. The first kappa shape index (κ1) is 19.7. The van der Waals surface area contributed by atoms with E-state index in [1.165, 1.54) is 0 Å². The maximum absolute atomic E-state index is 12.3. The van der Waals surface area contributed by atoms with Gasteiger partial charge in [0.2, 0.25) is 0 Å². The molecule has 0 fully saturated rings. The van der Waals surface area contributed by atoms with Crippen LogP contribution in [0.4, 0.5) is 0 Å². The van der Waals surface area contributed by atoms with Gasteiger partial charge in [0.1, 0.15) is 6.61 Å². The van der Waals surface area contributed by atoms with Crippen LogP contribution in [0.5, 0.6) is 0 Å². The Morgan fingerprint density at radius 3 is 2.00 bits per heavy atom. The molecular formula is C19H20O6S. The monoisotopic (exact) mass is 376 g/mol. The van der Waals surface area contributed by atoms with Gasteiger partial charge in [-0.15, -0.1) is 0 Å². The largest absolute Gasteiger partial charge is 0.481 e. The van der Waals surface area contributed by atoms with Gasteiger partial charge < -0.3 is 9.84 Å². The number of hydrogen-bond acceptors (Lipinski definition) is 5. The van der Waals surface area contributed by atoms with Gasteiger partial charge in [-0.2, -0.15) is 0 Å². The van der Waals surface area contributed by atoms with E-state index >= 15 is 0 Å². The van der Waals surface area contributed by atoms with Gasteiger partial charge in [-0.25, -0.2) is 8.42 Å². The lowest BCUT2D eigenvalue weighted by atomic mass is 10.1. The second-order valence-electron chi connectivity index (χ2n) is 5.93. The molecule has 0 radical (unpaired) electrons. The minimum Gasteiger partial charge on any atom is -0.481 e. The lowest BCUT2D eigenvalue weighted by Gasteiger charge is -2.13. The Hall–Kier alpha value is -2.67. The molecule has 1 atom stereocenters. The van der Waals surface area contributed by atoms with Crippen LogP contribution in [0.3, 0.4) is 0 Å². The van der Waals surface area contributed by atoms with Crippen LogP contribution in [0.1, 0.15) is 17.5 Å². The average molecular weight is 376 g/mol. The number of sulfone groups is 1. The van der Waals surface area contributed by atoms with Gasteiger partial charge in [0.15, 0.2) is 9.84 Å². The van der Waals surface area contributed by atoms with Crippen LogP contribution in [0.15, 0.2) is 60.7 Å². The zero-order valence-electron chi connectivity index (χ0n) is 14.1. The van der Waals surface area contributed by atoms with E-state index in [1.807, 2.05) is 6.07 Å². The molecule has 2 rings (SSSR count). The third kappa shape index (κ3) is 6.68. The molecular weight excluding hydrogens is 356 g/mol. The van der Waals surface area contributed by atoms with Gasteiger partial charge in [0.25, 0.3) is 0 Å². The number of esters is 1. The predicted octanol–water partition coefficient (Wildman–Crippen LogP) is 2.44. The number of rotatable bonds is 9. The van der Waals surface area contributed by atoms with Crippen molar-refractivity contribution in [2.45, 2.75) is 18.8 Å². The molecule has 0 aliphatic heterocycles. The smallest absolute Gasteiger partial charge is 0.308 e. The van der Waals surface area contributed by atoms with Crippen molar-refractivity contribution in [3.63, 3.8) is 0 Å². The van der Waals surface area contributed by atoms with Gasteiger partial charge >= 0.3 is 11.9 Å². The lowest BCUT2D eigenvalue weighted by Crippen LogP contribution is -2.27. The summed E-state index contributed by atoms with van der Waals surface area (Å²) < 4.78 is 29.6. The molecule has 7 heteroatoms. The number of carboxylic acids is 1. The van der Waals surface area contributed by atoms with Gasteiger partial charge in [-0.05, 0) is 11.1 Å². The normalized spacial score (nSPS) is 12.3. The van der Waals surface area contributed by atoms with Crippen molar-refractivity contribution in [2.75, 3.05) is 5.75 Å². The van der Waals surface area contributed by atoms with E-state index < -0.39 is 39.9 Å². The molecule has 0 saturated carbocycles. The molecule has 0 aliphatic carbocycles. The number of benzene rings is 2. The van der Waals surface area contributed by atoms with E-state index in [4.69, 9.17) is 4.74 Å². The Labute approximate surface area is 152 Å². The lowest BCUT2D eigenvalue weighted by molar-refractivity contribution is -0.151. The molecule has 2 aromatic rings. The highest BCUT2D eigenvalue weighted by Gasteiger charge is 2.28. The van der Waals surface area contributed by atoms with Crippen LogP contribution in [0, 0.1) is 5.92 Å². The second kappa shape index (κ2) is 9.15. The zero-order chi connectivity index (χ0) is 19.0. The summed E-state index contributed by atoms with van der Waals surface area (Å²) >= 11 is 0. The van der Waals surface area contributed by atoms with Gasteiger partial charge in [-0.1, -0.05) is 60.7 Å². The standard InChI is InChI=1S/C19H20O6S/c20-18(25-12-15-7-3-1-4-8-15)11-17(19(21)22)14-26(23,24)13-16-9-5-2-6-10-16/h1-10,17H,11-14H2,(H,21,22)/t17-/m0/s1. The highest BCUT2D eigenvalue weighted by atomic mass is 32.2. The second-order valence-corrected chi connectivity index (χ2v) is 8.03. The number of aliphatic carboxylic acids is 1. The molecule has 0 aliphatic rings. The maximum Gasteiger partial charge on any atom is 0.308 e. The molecule has 0 aromatic heterocycles. The van der Waals surface area contributed by atoms with Crippen molar-refractivity contribution in [1.82, 2.24) is 0 Å². The predicted molar refractivity (Wildman–Crippen MR) is 95.9 cm³/mol. The first-order valence-electron chi connectivity index (χ1n) is 8.02. The maximum atomic E-state index is 12.3.